The van der Waals surface area contributed by atoms with E-state index in [0.29, 0.717) is 11.6 Å². The van der Waals surface area contributed by atoms with Crippen LogP contribution in [0.15, 0.2) is 69.8 Å². The van der Waals surface area contributed by atoms with Crippen molar-refractivity contribution < 1.29 is 9.53 Å². The third kappa shape index (κ3) is 2.56. The van der Waals surface area contributed by atoms with Gasteiger partial charge in [0.15, 0.2) is 5.70 Å². The number of halogens is 1. The van der Waals surface area contributed by atoms with Crippen molar-refractivity contribution in [1.82, 2.24) is 0 Å². The first-order chi connectivity index (χ1) is 9.74. The minimum atomic E-state index is -0.431. The molecule has 0 spiro atoms. The summed E-state index contributed by atoms with van der Waals surface area (Å²) in [5.41, 5.74) is 1.98. The van der Waals surface area contributed by atoms with Crippen molar-refractivity contribution >= 4 is 33.9 Å². The van der Waals surface area contributed by atoms with Crippen LogP contribution in [0.25, 0.3) is 6.08 Å². The van der Waals surface area contributed by atoms with Crippen LogP contribution in [-0.4, -0.2) is 11.9 Å². The molecule has 0 N–H and O–H groups in total. The van der Waals surface area contributed by atoms with Crippen LogP contribution in [0.1, 0.15) is 11.1 Å². The third-order valence-electron chi connectivity index (χ3n) is 2.84. The molecule has 3 nitrogen and oxygen atoms in total. The van der Waals surface area contributed by atoms with Gasteiger partial charge in [-0.15, -0.1) is 0 Å². The van der Waals surface area contributed by atoms with E-state index < -0.39 is 5.97 Å². The highest BCUT2D eigenvalue weighted by Gasteiger charge is 2.24. The summed E-state index contributed by atoms with van der Waals surface area (Å²) < 4.78 is 6.11. The van der Waals surface area contributed by atoms with Crippen LogP contribution in [0.4, 0.5) is 0 Å². The molecule has 98 valence electrons. The first kappa shape index (κ1) is 12.8. The lowest BCUT2D eigenvalue weighted by Crippen LogP contribution is -2.04. The molecular formula is C16H10BrNO2. The van der Waals surface area contributed by atoms with Gasteiger partial charge in [0, 0.05) is 10.0 Å². The Morgan fingerprint density at radius 3 is 2.45 bits per heavy atom. The Labute approximate surface area is 124 Å². The standard InChI is InChI=1S/C16H10BrNO2/c17-13-9-5-4-8-12(13)10-14-16(19)20-15(18-14)11-6-2-1-3-7-11/h1-10H. The molecule has 0 fully saturated rings. The van der Waals surface area contributed by atoms with Crippen molar-refractivity contribution in [3.05, 3.63) is 75.9 Å². The van der Waals surface area contributed by atoms with E-state index in [9.17, 15) is 4.79 Å². The van der Waals surface area contributed by atoms with Crippen molar-refractivity contribution in [3.63, 3.8) is 0 Å². The van der Waals surface area contributed by atoms with E-state index in [0.717, 1.165) is 15.6 Å². The molecule has 1 aliphatic rings. The third-order valence-corrected chi connectivity index (χ3v) is 3.56. The van der Waals surface area contributed by atoms with E-state index in [-0.39, 0.29) is 0 Å². The molecule has 0 amide bonds. The zero-order valence-corrected chi connectivity index (χ0v) is 12.0. The van der Waals surface area contributed by atoms with E-state index >= 15 is 0 Å². The van der Waals surface area contributed by atoms with E-state index in [1.807, 2.05) is 54.6 Å². The van der Waals surface area contributed by atoms with Crippen molar-refractivity contribution in [2.75, 3.05) is 0 Å². The lowest BCUT2D eigenvalue weighted by Gasteiger charge is -1.97. The number of hydrogen-bond acceptors (Lipinski definition) is 3. The van der Waals surface area contributed by atoms with Gasteiger partial charge in [0.2, 0.25) is 5.90 Å². The molecule has 0 unspecified atom stereocenters. The Kier molecular flexibility index (Phi) is 3.48. The number of hydrogen-bond donors (Lipinski definition) is 0. The second kappa shape index (κ2) is 5.43. The van der Waals surface area contributed by atoms with E-state index in [2.05, 4.69) is 20.9 Å². The van der Waals surface area contributed by atoms with E-state index in [1.54, 1.807) is 6.08 Å². The zero-order valence-electron chi connectivity index (χ0n) is 10.4. The van der Waals surface area contributed by atoms with Gasteiger partial charge in [0.25, 0.3) is 0 Å². The summed E-state index contributed by atoms with van der Waals surface area (Å²) in [5.74, 6) is -0.0893. The summed E-state index contributed by atoms with van der Waals surface area (Å²) in [4.78, 5) is 16.1. The minimum absolute atomic E-state index is 0.302. The zero-order chi connectivity index (χ0) is 13.9. The normalized spacial score (nSPS) is 16.1. The molecule has 2 aromatic rings. The smallest absolute Gasteiger partial charge is 0.363 e. The molecule has 0 atom stereocenters. The Balaban J connectivity index is 1.97. The maximum Gasteiger partial charge on any atom is 0.363 e. The Bertz CT molecular complexity index is 720. The molecule has 1 heterocycles. The summed E-state index contributed by atoms with van der Waals surface area (Å²) in [6.07, 6.45) is 1.71. The maximum absolute atomic E-state index is 11.9. The molecule has 3 rings (SSSR count). The van der Waals surface area contributed by atoms with Crippen LogP contribution in [0.3, 0.4) is 0 Å². The molecule has 0 bridgehead atoms. The fourth-order valence-corrected chi connectivity index (χ4v) is 2.25. The summed E-state index contributed by atoms with van der Waals surface area (Å²) in [6, 6.07) is 17.0. The number of nitrogens with zero attached hydrogens (tertiary/aromatic N) is 1. The minimum Gasteiger partial charge on any atom is -0.402 e. The van der Waals surface area contributed by atoms with Crippen LogP contribution < -0.4 is 0 Å². The van der Waals surface area contributed by atoms with Crippen LogP contribution in [0.2, 0.25) is 0 Å². The lowest BCUT2D eigenvalue weighted by molar-refractivity contribution is -0.129. The molecule has 2 aromatic carbocycles. The first-order valence-corrected chi connectivity index (χ1v) is 6.86. The number of rotatable bonds is 2. The van der Waals surface area contributed by atoms with Crippen LogP contribution >= 0.6 is 15.9 Å². The van der Waals surface area contributed by atoms with Crippen LogP contribution in [-0.2, 0) is 9.53 Å². The van der Waals surface area contributed by atoms with Gasteiger partial charge < -0.3 is 4.74 Å². The molecule has 0 saturated heterocycles. The molecule has 0 radical (unpaired) electrons. The fraction of sp³-hybridized carbons (Fsp3) is 0. The monoisotopic (exact) mass is 327 g/mol. The van der Waals surface area contributed by atoms with E-state index in [4.69, 9.17) is 4.74 Å². The highest BCUT2D eigenvalue weighted by atomic mass is 79.9. The second-order valence-corrected chi connectivity index (χ2v) is 5.08. The predicted octanol–water partition coefficient (Wildman–Crippen LogP) is 3.79. The number of aliphatic imine (C=N–C) groups is 1. The first-order valence-electron chi connectivity index (χ1n) is 6.06. The van der Waals surface area contributed by atoms with Gasteiger partial charge in [-0.05, 0) is 29.8 Å². The SMILES string of the molecule is O=C1OC(c2ccccc2)=NC1=Cc1ccccc1Br. The highest BCUT2D eigenvalue weighted by molar-refractivity contribution is 9.10. The van der Waals surface area contributed by atoms with Gasteiger partial charge in [0.1, 0.15) is 0 Å². The maximum atomic E-state index is 11.9. The summed E-state index contributed by atoms with van der Waals surface area (Å²) in [7, 11) is 0. The van der Waals surface area contributed by atoms with Crippen LogP contribution in [0, 0.1) is 0 Å². The Morgan fingerprint density at radius 2 is 1.70 bits per heavy atom. The van der Waals surface area contributed by atoms with E-state index in [1.165, 1.54) is 0 Å². The second-order valence-electron chi connectivity index (χ2n) is 4.22. The molecule has 1 aliphatic heterocycles. The molecule has 0 aromatic heterocycles. The molecule has 20 heavy (non-hydrogen) atoms. The number of benzene rings is 2. The summed E-state index contributed by atoms with van der Waals surface area (Å²) >= 11 is 3.44. The van der Waals surface area contributed by atoms with Gasteiger partial charge in [-0.3, -0.25) is 0 Å². The summed E-state index contributed by atoms with van der Waals surface area (Å²) in [6.45, 7) is 0. The van der Waals surface area contributed by atoms with Crippen LogP contribution in [0.5, 0.6) is 0 Å². The fourth-order valence-electron chi connectivity index (χ4n) is 1.85. The largest absolute Gasteiger partial charge is 0.402 e. The molecule has 0 saturated carbocycles. The van der Waals surface area contributed by atoms with Gasteiger partial charge in [-0.25, -0.2) is 9.79 Å². The predicted molar refractivity (Wildman–Crippen MR) is 81.2 cm³/mol. The number of esters is 1. The number of cyclic esters (lactones) is 1. The quantitative estimate of drug-likeness (QED) is 0.621. The highest BCUT2D eigenvalue weighted by Crippen LogP contribution is 2.23. The van der Waals surface area contributed by atoms with Gasteiger partial charge in [-0.1, -0.05) is 52.3 Å². The lowest BCUT2D eigenvalue weighted by atomic mass is 10.2. The number of carbonyl (C=O) groups is 1. The Hall–Kier alpha value is -2.20. The van der Waals surface area contributed by atoms with Gasteiger partial charge >= 0.3 is 5.97 Å². The average Bonchev–Trinajstić information content (AvgIpc) is 2.84. The van der Waals surface area contributed by atoms with Crippen molar-refractivity contribution in [1.29, 1.82) is 0 Å². The van der Waals surface area contributed by atoms with Gasteiger partial charge in [-0.2, -0.15) is 0 Å². The number of ether oxygens (including phenoxy) is 1. The number of carbonyl (C=O) groups excluding carboxylic acids is 1. The van der Waals surface area contributed by atoms with Gasteiger partial charge in [0.05, 0.1) is 0 Å². The molecule has 4 heteroatoms. The molecular weight excluding hydrogens is 318 g/mol. The molecule has 0 aliphatic carbocycles. The van der Waals surface area contributed by atoms with Crippen molar-refractivity contribution in [2.24, 2.45) is 4.99 Å². The summed E-state index contributed by atoms with van der Waals surface area (Å²) in [5, 5.41) is 0. The van der Waals surface area contributed by atoms with Crippen molar-refractivity contribution in [3.8, 4) is 0 Å². The Morgan fingerprint density at radius 1 is 1.00 bits per heavy atom. The van der Waals surface area contributed by atoms with Crippen molar-refractivity contribution in [2.45, 2.75) is 0 Å². The topological polar surface area (TPSA) is 38.7 Å². The average molecular weight is 328 g/mol.